The Morgan fingerprint density at radius 1 is 1.37 bits per heavy atom. The number of imide groups is 1. The highest BCUT2D eigenvalue weighted by Crippen LogP contribution is 2.37. The summed E-state index contributed by atoms with van der Waals surface area (Å²) in [5.74, 6) is -0.942. The lowest BCUT2D eigenvalue weighted by Gasteiger charge is -2.29. The highest BCUT2D eigenvalue weighted by atomic mass is 16.6. The smallest absolute Gasteiger partial charge is 0.327 e. The number of urea groups is 1. The molecule has 6 atom stereocenters. The number of imidazole rings is 1. The van der Waals surface area contributed by atoms with Crippen LogP contribution in [0, 0.1) is 0 Å². The van der Waals surface area contributed by atoms with Crippen LogP contribution in [0.15, 0.2) is 12.7 Å². The molecule has 2 unspecified atom stereocenters. The maximum Gasteiger partial charge on any atom is 0.327 e. The number of amides is 3. The number of nitrogens with two attached hydrogens (primary N) is 1. The van der Waals surface area contributed by atoms with Gasteiger partial charge in [-0.15, -0.1) is 0 Å². The molecule has 14 nitrogen and oxygen atoms in total. The first-order valence-electron chi connectivity index (χ1n) is 8.99. The zero-order valence-electron chi connectivity index (χ0n) is 16.1. The van der Waals surface area contributed by atoms with Crippen LogP contribution in [0.3, 0.4) is 0 Å². The Morgan fingerprint density at radius 2 is 2.07 bits per heavy atom. The largest absolute Gasteiger partial charge is 0.394 e. The number of carbonyl (C=O) groups excluding carboxylic acids is 2. The minimum atomic E-state index is -1.50. The third-order valence-corrected chi connectivity index (χ3v) is 4.93. The van der Waals surface area contributed by atoms with E-state index in [0.717, 1.165) is 6.33 Å². The van der Waals surface area contributed by atoms with Gasteiger partial charge in [-0.3, -0.25) is 20.0 Å². The van der Waals surface area contributed by atoms with E-state index in [1.54, 1.807) is 0 Å². The summed E-state index contributed by atoms with van der Waals surface area (Å²) < 4.78 is 6.97. The standard InChI is InChI=1S/C16H23N7O7/c1-6(25)8(17)14(28)22-15(29)21-12-9-13(19-4-18-12)23(5-20-9)16(2)11(27)10(26)7(3-24)30-16/h4-8,10-11,24-27H,3,17H2,1-2H3,(H2,18,19,21,22,28,29)/t6?,7-,8?,10-,11-,16-/m1/s1. The van der Waals surface area contributed by atoms with E-state index < -0.39 is 54.7 Å². The van der Waals surface area contributed by atoms with Crippen LogP contribution in [0.5, 0.6) is 0 Å². The first-order chi connectivity index (χ1) is 14.1. The maximum atomic E-state index is 12.1. The number of fused-ring (bicyclic) bond motifs is 1. The molecule has 3 amide bonds. The molecule has 1 fully saturated rings. The molecular formula is C16H23N7O7. The van der Waals surface area contributed by atoms with Crippen molar-refractivity contribution in [2.75, 3.05) is 11.9 Å². The van der Waals surface area contributed by atoms with Crippen molar-refractivity contribution in [2.45, 2.75) is 50.0 Å². The van der Waals surface area contributed by atoms with E-state index in [-0.39, 0.29) is 17.0 Å². The third-order valence-electron chi connectivity index (χ3n) is 4.93. The zero-order chi connectivity index (χ0) is 22.2. The molecule has 8 N–H and O–H groups in total. The molecule has 30 heavy (non-hydrogen) atoms. The van der Waals surface area contributed by atoms with Gasteiger partial charge in [0.25, 0.3) is 0 Å². The van der Waals surface area contributed by atoms with Gasteiger partial charge >= 0.3 is 6.03 Å². The maximum absolute atomic E-state index is 12.1. The van der Waals surface area contributed by atoms with E-state index in [4.69, 9.17) is 10.5 Å². The summed E-state index contributed by atoms with van der Waals surface area (Å²) >= 11 is 0. The molecule has 1 aliphatic rings. The highest BCUT2D eigenvalue weighted by Gasteiger charge is 2.53. The summed E-state index contributed by atoms with van der Waals surface area (Å²) in [5, 5.41) is 43.5. The van der Waals surface area contributed by atoms with Gasteiger partial charge in [-0.1, -0.05) is 0 Å². The van der Waals surface area contributed by atoms with Gasteiger partial charge in [-0.25, -0.2) is 19.7 Å². The van der Waals surface area contributed by atoms with Crippen LogP contribution in [0.4, 0.5) is 10.6 Å². The Bertz CT molecular complexity index is 951. The van der Waals surface area contributed by atoms with Gasteiger partial charge in [0.05, 0.1) is 19.0 Å². The number of aliphatic hydroxyl groups excluding tert-OH is 4. The van der Waals surface area contributed by atoms with Crippen LogP contribution in [-0.2, 0) is 15.3 Å². The Morgan fingerprint density at radius 3 is 2.67 bits per heavy atom. The summed E-state index contributed by atoms with van der Waals surface area (Å²) in [6.07, 6.45) is -2.53. The molecular weight excluding hydrogens is 402 g/mol. The molecule has 0 spiro atoms. The van der Waals surface area contributed by atoms with Crippen molar-refractivity contribution in [3.05, 3.63) is 12.7 Å². The quantitative estimate of drug-likeness (QED) is 0.255. The van der Waals surface area contributed by atoms with E-state index in [1.807, 2.05) is 5.32 Å². The molecule has 0 bridgehead atoms. The van der Waals surface area contributed by atoms with Gasteiger partial charge in [0, 0.05) is 0 Å². The fourth-order valence-corrected chi connectivity index (χ4v) is 3.11. The van der Waals surface area contributed by atoms with Crippen LogP contribution < -0.4 is 16.4 Å². The number of hydrogen-bond acceptors (Lipinski definition) is 11. The Kier molecular flexibility index (Phi) is 5.98. The van der Waals surface area contributed by atoms with Crippen LogP contribution in [0.2, 0.25) is 0 Å². The number of carbonyl (C=O) groups is 2. The summed E-state index contributed by atoms with van der Waals surface area (Å²) in [6, 6.07) is -2.25. The van der Waals surface area contributed by atoms with Crippen molar-refractivity contribution < 1.29 is 34.8 Å². The number of rotatable bonds is 5. The van der Waals surface area contributed by atoms with Crippen molar-refractivity contribution in [3.63, 3.8) is 0 Å². The number of aliphatic hydroxyl groups is 4. The summed E-state index contributed by atoms with van der Waals surface area (Å²) in [7, 11) is 0. The summed E-state index contributed by atoms with van der Waals surface area (Å²) in [4.78, 5) is 36.0. The number of nitrogens with zero attached hydrogens (tertiary/aromatic N) is 4. The van der Waals surface area contributed by atoms with E-state index >= 15 is 0 Å². The highest BCUT2D eigenvalue weighted by molar-refractivity contribution is 6.04. The fourth-order valence-electron chi connectivity index (χ4n) is 3.11. The molecule has 164 valence electrons. The average Bonchev–Trinajstić information content (AvgIpc) is 3.23. The van der Waals surface area contributed by atoms with Crippen LogP contribution in [-0.4, -0.2) is 88.9 Å². The molecule has 14 heteroatoms. The van der Waals surface area contributed by atoms with Gasteiger partial charge < -0.3 is 30.9 Å². The van der Waals surface area contributed by atoms with E-state index in [1.165, 1.54) is 24.7 Å². The molecule has 1 aliphatic heterocycles. The molecule has 0 saturated carbocycles. The number of nitrogens with one attached hydrogen (secondary N) is 2. The Balaban J connectivity index is 1.86. The lowest BCUT2D eigenvalue weighted by Crippen LogP contribution is -2.50. The summed E-state index contributed by atoms with van der Waals surface area (Å²) in [5.41, 5.74) is 4.23. The topological polar surface area (TPSA) is 218 Å². The Hall–Kier alpha value is -2.75. The lowest BCUT2D eigenvalue weighted by molar-refractivity contribution is -0.132. The van der Waals surface area contributed by atoms with Crippen molar-refractivity contribution in [2.24, 2.45) is 5.73 Å². The van der Waals surface area contributed by atoms with Crippen LogP contribution >= 0.6 is 0 Å². The molecule has 3 heterocycles. The SMILES string of the molecule is CC(O)C(N)C(=O)NC(=O)Nc1ncnc2c1ncn2[C@]1(C)O[C@H](CO)[C@@H](O)[C@H]1O. The molecule has 1 saturated heterocycles. The lowest BCUT2D eigenvalue weighted by atomic mass is 10.0. The summed E-state index contributed by atoms with van der Waals surface area (Å²) in [6.45, 7) is 2.28. The number of hydrogen-bond donors (Lipinski definition) is 7. The molecule has 2 aromatic heterocycles. The van der Waals surface area contributed by atoms with Crippen molar-refractivity contribution >= 4 is 28.9 Å². The minimum Gasteiger partial charge on any atom is -0.394 e. The second-order valence-electron chi connectivity index (χ2n) is 7.05. The predicted molar refractivity (Wildman–Crippen MR) is 99.8 cm³/mol. The van der Waals surface area contributed by atoms with Gasteiger partial charge in [0.1, 0.15) is 30.7 Å². The van der Waals surface area contributed by atoms with Gasteiger partial charge in [-0.2, -0.15) is 0 Å². The van der Waals surface area contributed by atoms with E-state index in [2.05, 4.69) is 20.3 Å². The number of ether oxygens (including phenoxy) is 1. The molecule has 0 aromatic carbocycles. The van der Waals surface area contributed by atoms with Gasteiger partial charge in [0.15, 0.2) is 22.7 Å². The monoisotopic (exact) mass is 425 g/mol. The first-order valence-corrected chi connectivity index (χ1v) is 8.99. The Labute approximate surface area is 169 Å². The molecule has 3 rings (SSSR count). The van der Waals surface area contributed by atoms with Gasteiger partial charge in [0.2, 0.25) is 5.91 Å². The van der Waals surface area contributed by atoms with Crippen molar-refractivity contribution in [1.82, 2.24) is 24.8 Å². The average molecular weight is 425 g/mol. The van der Waals surface area contributed by atoms with Gasteiger partial charge in [-0.05, 0) is 13.8 Å². The molecule has 0 radical (unpaired) electrons. The first kappa shape index (κ1) is 21.9. The second-order valence-corrected chi connectivity index (χ2v) is 7.05. The van der Waals surface area contributed by atoms with Crippen LogP contribution in [0.25, 0.3) is 11.2 Å². The minimum absolute atomic E-state index is 0.0509. The van der Waals surface area contributed by atoms with E-state index in [0.29, 0.717) is 0 Å². The van der Waals surface area contributed by atoms with Crippen LogP contribution in [0.1, 0.15) is 13.8 Å². The molecule has 2 aromatic rings. The predicted octanol–water partition coefficient (Wildman–Crippen LogP) is -3.03. The number of aromatic nitrogens is 4. The fraction of sp³-hybridized carbons (Fsp3) is 0.562. The second kappa shape index (κ2) is 8.17. The van der Waals surface area contributed by atoms with Crippen molar-refractivity contribution in [1.29, 1.82) is 0 Å². The number of anilines is 1. The zero-order valence-corrected chi connectivity index (χ0v) is 16.1. The third kappa shape index (κ3) is 3.71. The van der Waals surface area contributed by atoms with Crippen molar-refractivity contribution in [3.8, 4) is 0 Å². The van der Waals surface area contributed by atoms with E-state index in [9.17, 15) is 30.0 Å². The molecule has 0 aliphatic carbocycles. The normalized spacial score (nSPS) is 28.3.